The molecule has 0 saturated heterocycles. The number of pyridine rings is 2. The lowest BCUT2D eigenvalue weighted by Gasteiger charge is -2.30. The van der Waals surface area contributed by atoms with Crippen molar-refractivity contribution in [1.29, 1.82) is 0 Å². The van der Waals surface area contributed by atoms with Gasteiger partial charge >= 0.3 is 0 Å². The van der Waals surface area contributed by atoms with E-state index in [2.05, 4.69) is 37.4 Å². The molecule has 1 fully saturated rings. The third kappa shape index (κ3) is 4.48. The summed E-state index contributed by atoms with van der Waals surface area (Å²) in [6, 6.07) is 3.09. The summed E-state index contributed by atoms with van der Waals surface area (Å²) in [6.07, 6.45) is 8.74. The minimum absolute atomic E-state index is 0.0333. The molecule has 0 radical (unpaired) electrons. The van der Waals surface area contributed by atoms with Gasteiger partial charge in [0.2, 0.25) is 0 Å². The van der Waals surface area contributed by atoms with E-state index < -0.39 is 5.82 Å². The van der Waals surface area contributed by atoms with Gasteiger partial charge in [0, 0.05) is 23.3 Å². The summed E-state index contributed by atoms with van der Waals surface area (Å²) in [5.41, 5.74) is 14.8. The van der Waals surface area contributed by atoms with Gasteiger partial charge in [-0.2, -0.15) is 10.2 Å². The molecule has 2 atom stereocenters. The van der Waals surface area contributed by atoms with Crippen molar-refractivity contribution in [1.82, 2.24) is 25.0 Å². The van der Waals surface area contributed by atoms with E-state index in [1.165, 1.54) is 10.9 Å². The third-order valence-electron chi connectivity index (χ3n) is 5.42. The highest BCUT2D eigenvalue weighted by atomic mass is 19.1. The summed E-state index contributed by atoms with van der Waals surface area (Å²) >= 11 is 0. The summed E-state index contributed by atoms with van der Waals surface area (Å²) in [5, 5.41) is 14.7. The van der Waals surface area contributed by atoms with Crippen LogP contribution in [0.2, 0.25) is 0 Å². The van der Waals surface area contributed by atoms with Crippen LogP contribution in [0.15, 0.2) is 37.3 Å². The van der Waals surface area contributed by atoms with Crippen molar-refractivity contribution in [3.05, 3.63) is 54.4 Å². The standard InChI is InChI=1S/C21H26FN9/c1-12(23)15-10-16(22)21(29-18-6-4-3-5-17(18)24)30-20(15)28-14-9-19(13(2)25-11-14)31-26-7-8-27-31/h7-11,17-18H,1,3-6,23-24H2,2H3,(H2,28,29,30). The van der Waals surface area contributed by atoms with E-state index in [-0.39, 0.29) is 23.6 Å². The van der Waals surface area contributed by atoms with Gasteiger partial charge in [0.25, 0.3) is 0 Å². The van der Waals surface area contributed by atoms with E-state index in [4.69, 9.17) is 11.5 Å². The Labute approximate surface area is 179 Å². The van der Waals surface area contributed by atoms with Gasteiger partial charge in [-0.05, 0) is 31.9 Å². The SMILES string of the molecule is C=C(N)c1cc(F)c(NC2CCCCC2N)nc1Nc1cnc(C)c(-n2nccn2)c1. The van der Waals surface area contributed by atoms with Crippen LogP contribution in [0, 0.1) is 12.7 Å². The van der Waals surface area contributed by atoms with Crippen molar-refractivity contribution in [3.63, 3.8) is 0 Å². The summed E-state index contributed by atoms with van der Waals surface area (Å²) in [6.45, 7) is 5.61. The zero-order valence-electron chi connectivity index (χ0n) is 17.3. The highest BCUT2D eigenvalue weighted by molar-refractivity contribution is 5.76. The maximum atomic E-state index is 14.8. The number of aryl methyl sites for hydroxylation is 1. The van der Waals surface area contributed by atoms with Crippen LogP contribution < -0.4 is 22.1 Å². The highest BCUT2D eigenvalue weighted by Crippen LogP contribution is 2.29. The highest BCUT2D eigenvalue weighted by Gasteiger charge is 2.24. The van der Waals surface area contributed by atoms with Gasteiger partial charge in [-0.3, -0.25) is 4.98 Å². The molecule has 0 aromatic carbocycles. The lowest BCUT2D eigenvalue weighted by atomic mass is 9.91. The van der Waals surface area contributed by atoms with Crippen molar-refractivity contribution in [2.75, 3.05) is 10.6 Å². The molecule has 6 N–H and O–H groups in total. The van der Waals surface area contributed by atoms with Crippen LogP contribution >= 0.6 is 0 Å². The molecular formula is C21H26FN9. The second-order valence-corrected chi connectivity index (χ2v) is 7.71. The first-order valence-corrected chi connectivity index (χ1v) is 10.2. The van der Waals surface area contributed by atoms with Crippen LogP contribution in [0.4, 0.5) is 21.7 Å². The van der Waals surface area contributed by atoms with E-state index in [1.54, 1.807) is 18.6 Å². The van der Waals surface area contributed by atoms with Crippen molar-refractivity contribution in [2.45, 2.75) is 44.7 Å². The third-order valence-corrected chi connectivity index (χ3v) is 5.42. The van der Waals surface area contributed by atoms with Crippen LogP contribution in [0.3, 0.4) is 0 Å². The van der Waals surface area contributed by atoms with Gasteiger partial charge in [-0.25, -0.2) is 9.37 Å². The molecule has 1 aliphatic rings. The molecule has 0 bridgehead atoms. The normalized spacial score (nSPS) is 18.5. The number of halogens is 1. The molecule has 10 heteroatoms. The Kier molecular flexibility index (Phi) is 5.81. The number of hydrogen-bond donors (Lipinski definition) is 4. The fourth-order valence-electron chi connectivity index (χ4n) is 3.71. The molecule has 3 heterocycles. The number of aromatic nitrogens is 5. The average molecular weight is 424 g/mol. The monoisotopic (exact) mass is 423 g/mol. The van der Waals surface area contributed by atoms with Crippen LogP contribution in [0.1, 0.15) is 36.9 Å². The van der Waals surface area contributed by atoms with E-state index in [0.717, 1.165) is 31.4 Å². The first-order chi connectivity index (χ1) is 14.9. The Morgan fingerprint density at radius 2 is 1.94 bits per heavy atom. The van der Waals surface area contributed by atoms with Gasteiger partial charge in [0.15, 0.2) is 11.6 Å². The van der Waals surface area contributed by atoms with Gasteiger partial charge in [-0.1, -0.05) is 19.4 Å². The van der Waals surface area contributed by atoms with Crippen LogP contribution in [0.25, 0.3) is 11.4 Å². The topological polar surface area (TPSA) is 133 Å². The molecule has 4 rings (SSSR count). The Morgan fingerprint density at radius 1 is 1.19 bits per heavy atom. The number of nitrogens with zero attached hydrogens (tertiary/aromatic N) is 5. The number of anilines is 3. The molecule has 3 aromatic heterocycles. The van der Waals surface area contributed by atoms with E-state index >= 15 is 0 Å². The molecule has 0 aliphatic heterocycles. The lowest BCUT2D eigenvalue weighted by molar-refractivity contribution is 0.402. The summed E-state index contributed by atoms with van der Waals surface area (Å²) in [7, 11) is 0. The van der Waals surface area contributed by atoms with Crippen LogP contribution in [-0.2, 0) is 0 Å². The first-order valence-electron chi connectivity index (χ1n) is 10.2. The molecular weight excluding hydrogens is 397 g/mol. The zero-order chi connectivity index (χ0) is 22.0. The molecule has 3 aromatic rings. The van der Waals surface area contributed by atoms with Crippen molar-refractivity contribution < 1.29 is 4.39 Å². The molecule has 1 saturated carbocycles. The Balaban J connectivity index is 1.67. The number of nitrogens with one attached hydrogen (secondary N) is 2. The summed E-state index contributed by atoms with van der Waals surface area (Å²) in [5.74, 6) is -0.0110. The molecule has 0 spiro atoms. The van der Waals surface area contributed by atoms with E-state index in [0.29, 0.717) is 22.8 Å². The largest absolute Gasteiger partial charge is 0.399 e. The predicted octanol–water partition coefficient (Wildman–Crippen LogP) is 2.86. The summed E-state index contributed by atoms with van der Waals surface area (Å²) in [4.78, 5) is 10.3. The molecule has 162 valence electrons. The average Bonchev–Trinajstić information content (AvgIpc) is 3.27. The van der Waals surface area contributed by atoms with Gasteiger partial charge < -0.3 is 22.1 Å². The van der Waals surface area contributed by atoms with Gasteiger partial charge in [0.05, 0.1) is 30.0 Å². The Morgan fingerprint density at radius 3 is 2.65 bits per heavy atom. The first kappa shape index (κ1) is 20.7. The minimum Gasteiger partial charge on any atom is -0.399 e. The summed E-state index contributed by atoms with van der Waals surface area (Å²) < 4.78 is 14.8. The lowest BCUT2D eigenvalue weighted by Crippen LogP contribution is -2.43. The number of hydrogen-bond acceptors (Lipinski definition) is 8. The van der Waals surface area contributed by atoms with Gasteiger partial charge in [0.1, 0.15) is 11.5 Å². The Bertz CT molecular complexity index is 1080. The fourth-order valence-corrected chi connectivity index (χ4v) is 3.71. The molecule has 31 heavy (non-hydrogen) atoms. The number of nitrogens with two attached hydrogens (primary N) is 2. The zero-order valence-corrected chi connectivity index (χ0v) is 17.3. The van der Waals surface area contributed by atoms with Crippen LogP contribution in [0.5, 0.6) is 0 Å². The quantitative estimate of drug-likeness (QED) is 0.476. The smallest absolute Gasteiger partial charge is 0.166 e. The van der Waals surface area contributed by atoms with Crippen LogP contribution in [-0.4, -0.2) is 37.0 Å². The molecule has 1 aliphatic carbocycles. The van der Waals surface area contributed by atoms with Crippen molar-refractivity contribution in [2.24, 2.45) is 11.5 Å². The second-order valence-electron chi connectivity index (χ2n) is 7.71. The van der Waals surface area contributed by atoms with E-state index in [1.807, 2.05) is 13.0 Å². The Hall–Kier alpha value is -3.53. The second kappa shape index (κ2) is 8.68. The molecule has 0 amide bonds. The van der Waals surface area contributed by atoms with Gasteiger partial charge in [-0.15, -0.1) is 4.80 Å². The van der Waals surface area contributed by atoms with Crippen molar-refractivity contribution >= 4 is 23.0 Å². The fraction of sp³-hybridized carbons (Fsp3) is 0.333. The van der Waals surface area contributed by atoms with Crippen molar-refractivity contribution in [3.8, 4) is 5.69 Å². The molecule has 2 unspecified atom stereocenters. The maximum absolute atomic E-state index is 14.8. The minimum atomic E-state index is -0.506. The molecule has 9 nitrogen and oxygen atoms in total. The van der Waals surface area contributed by atoms with E-state index in [9.17, 15) is 4.39 Å². The number of rotatable bonds is 6. The maximum Gasteiger partial charge on any atom is 0.166 e. The predicted molar refractivity (Wildman–Crippen MR) is 118 cm³/mol.